The van der Waals surface area contributed by atoms with Gasteiger partial charge in [-0.2, -0.15) is 0 Å². The van der Waals surface area contributed by atoms with Crippen molar-refractivity contribution in [3.05, 3.63) is 53.2 Å². The summed E-state index contributed by atoms with van der Waals surface area (Å²) in [5.74, 6) is 0.836. The van der Waals surface area contributed by atoms with Gasteiger partial charge in [0.1, 0.15) is 17.3 Å². The molecule has 0 amide bonds. The Bertz CT molecular complexity index is 786. The van der Waals surface area contributed by atoms with Crippen molar-refractivity contribution >= 4 is 17.8 Å². The Balaban J connectivity index is 1.86. The fourth-order valence-corrected chi connectivity index (χ4v) is 2.26. The lowest BCUT2D eigenvalue weighted by atomic mass is 10.0. The molecular formula is C17H14O6. The number of Topliss-reactive ketones (excluding diaryl/α,β-unsaturated/α-hetero) is 1. The van der Waals surface area contributed by atoms with Gasteiger partial charge in [-0.25, -0.2) is 4.79 Å². The average molecular weight is 314 g/mol. The summed E-state index contributed by atoms with van der Waals surface area (Å²) < 4.78 is 20.6. The zero-order chi connectivity index (χ0) is 16.4. The number of ketones is 1. The van der Waals surface area contributed by atoms with Crippen LogP contribution in [-0.4, -0.2) is 25.5 Å². The largest absolute Gasteiger partial charge is 0.482 e. The molecule has 0 aliphatic carbocycles. The van der Waals surface area contributed by atoms with Gasteiger partial charge in [0.25, 0.3) is 0 Å². The van der Waals surface area contributed by atoms with Crippen molar-refractivity contribution in [1.29, 1.82) is 0 Å². The van der Waals surface area contributed by atoms with E-state index in [0.29, 0.717) is 28.4 Å². The predicted octanol–water partition coefficient (Wildman–Crippen LogP) is 2.76. The molecule has 0 saturated carbocycles. The lowest BCUT2D eigenvalue weighted by Gasteiger charge is -2.08. The summed E-state index contributed by atoms with van der Waals surface area (Å²) in [7, 11) is 1.28. The summed E-state index contributed by atoms with van der Waals surface area (Å²) in [5, 5.41) is 0. The van der Waals surface area contributed by atoms with Crippen LogP contribution >= 0.6 is 0 Å². The number of hydrogen-bond acceptors (Lipinski definition) is 6. The van der Waals surface area contributed by atoms with Gasteiger partial charge in [0.15, 0.2) is 12.4 Å². The molecule has 1 aromatic heterocycles. The highest BCUT2D eigenvalue weighted by Crippen LogP contribution is 2.37. The van der Waals surface area contributed by atoms with E-state index in [9.17, 15) is 9.59 Å². The minimum atomic E-state index is -0.487. The molecule has 118 valence electrons. The maximum absolute atomic E-state index is 12.4. The molecule has 1 aliphatic heterocycles. The van der Waals surface area contributed by atoms with E-state index in [1.807, 2.05) is 0 Å². The fourth-order valence-electron chi connectivity index (χ4n) is 2.26. The van der Waals surface area contributed by atoms with E-state index in [4.69, 9.17) is 13.9 Å². The summed E-state index contributed by atoms with van der Waals surface area (Å²) in [6.07, 6.45) is 3.06. The van der Waals surface area contributed by atoms with Crippen LogP contribution in [-0.2, 0) is 9.53 Å². The Morgan fingerprint density at radius 2 is 2.17 bits per heavy atom. The SMILES string of the molecule is COC(=O)COc1cc(C)c2c(c1)O/C(=C\c1ccco1)C2=O. The standard InChI is InChI=1S/C17H14O6/c1-10-6-12(22-9-15(18)20-2)8-13-16(10)17(19)14(23-13)7-11-4-3-5-21-11/h3-8H,9H2,1-2H3/b14-7-. The van der Waals surface area contributed by atoms with Gasteiger partial charge in [-0.3, -0.25) is 4.79 Å². The molecule has 2 aromatic rings. The zero-order valence-corrected chi connectivity index (χ0v) is 12.6. The van der Waals surface area contributed by atoms with Crippen LogP contribution in [0.1, 0.15) is 21.7 Å². The molecule has 3 rings (SSSR count). The molecule has 1 aromatic carbocycles. The van der Waals surface area contributed by atoms with Gasteiger partial charge >= 0.3 is 5.97 Å². The number of ether oxygens (including phenoxy) is 3. The van der Waals surface area contributed by atoms with Gasteiger partial charge in [0.05, 0.1) is 18.9 Å². The molecule has 0 bridgehead atoms. The summed E-state index contributed by atoms with van der Waals surface area (Å²) >= 11 is 0. The molecule has 2 heterocycles. The maximum atomic E-state index is 12.4. The molecular weight excluding hydrogens is 300 g/mol. The number of benzene rings is 1. The van der Waals surface area contributed by atoms with Gasteiger partial charge in [-0.05, 0) is 30.7 Å². The van der Waals surface area contributed by atoms with E-state index >= 15 is 0 Å². The van der Waals surface area contributed by atoms with Gasteiger partial charge in [0, 0.05) is 12.1 Å². The zero-order valence-electron chi connectivity index (χ0n) is 12.6. The molecule has 0 fully saturated rings. The Labute approximate surface area is 132 Å². The van der Waals surface area contributed by atoms with Crippen molar-refractivity contribution in [3.63, 3.8) is 0 Å². The van der Waals surface area contributed by atoms with E-state index < -0.39 is 5.97 Å². The first-order valence-electron chi connectivity index (χ1n) is 6.90. The molecule has 0 N–H and O–H groups in total. The van der Waals surface area contributed by atoms with Crippen molar-refractivity contribution in [3.8, 4) is 11.5 Å². The number of carbonyl (C=O) groups excluding carboxylic acids is 2. The van der Waals surface area contributed by atoms with Gasteiger partial charge in [0.2, 0.25) is 5.78 Å². The quantitative estimate of drug-likeness (QED) is 0.638. The monoisotopic (exact) mass is 314 g/mol. The van der Waals surface area contributed by atoms with Crippen LogP contribution in [0.15, 0.2) is 40.7 Å². The lowest BCUT2D eigenvalue weighted by molar-refractivity contribution is -0.142. The first-order valence-corrected chi connectivity index (χ1v) is 6.90. The van der Waals surface area contributed by atoms with Crippen molar-refractivity contribution in [2.75, 3.05) is 13.7 Å². The summed E-state index contributed by atoms with van der Waals surface area (Å²) in [4.78, 5) is 23.6. The van der Waals surface area contributed by atoms with E-state index in [0.717, 1.165) is 0 Å². The first kappa shape index (κ1) is 14.9. The summed E-state index contributed by atoms with van der Waals surface area (Å²) in [6, 6.07) is 6.71. The molecule has 1 aliphatic rings. The van der Waals surface area contributed by atoms with Crippen LogP contribution < -0.4 is 9.47 Å². The lowest BCUT2D eigenvalue weighted by Crippen LogP contribution is -2.12. The molecule has 0 atom stereocenters. The van der Waals surface area contributed by atoms with Gasteiger partial charge in [-0.1, -0.05) is 0 Å². The van der Waals surface area contributed by atoms with Crippen LogP contribution in [0, 0.1) is 6.92 Å². The minimum Gasteiger partial charge on any atom is -0.482 e. The number of aryl methyl sites for hydroxylation is 1. The van der Waals surface area contributed by atoms with Crippen molar-refractivity contribution in [1.82, 2.24) is 0 Å². The third-order valence-corrected chi connectivity index (χ3v) is 3.34. The summed E-state index contributed by atoms with van der Waals surface area (Å²) in [5.41, 5.74) is 1.18. The highest BCUT2D eigenvalue weighted by molar-refractivity contribution is 6.15. The number of esters is 1. The Morgan fingerprint density at radius 3 is 2.87 bits per heavy atom. The molecule has 0 unspecified atom stereocenters. The second-order valence-electron chi connectivity index (χ2n) is 4.93. The molecule has 6 heteroatoms. The normalized spacial score (nSPS) is 14.5. The van der Waals surface area contributed by atoms with E-state index in [1.54, 1.807) is 31.2 Å². The number of furan rings is 1. The van der Waals surface area contributed by atoms with Gasteiger partial charge < -0.3 is 18.6 Å². The van der Waals surface area contributed by atoms with Crippen LogP contribution in [0.4, 0.5) is 0 Å². The average Bonchev–Trinajstić information content (AvgIpc) is 3.14. The Hall–Kier alpha value is -3.02. The van der Waals surface area contributed by atoms with Crippen LogP contribution in [0.2, 0.25) is 0 Å². The summed E-state index contributed by atoms with van der Waals surface area (Å²) in [6.45, 7) is 1.57. The third-order valence-electron chi connectivity index (χ3n) is 3.34. The minimum absolute atomic E-state index is 0.183. The second kappa shape index (κ2) is 6.00. The predicted molar refractivity (Wildman–Crippen MR) is 80.3 cm³/mol. The van der Waals surface area contributed by atoms with Crippen LogP contribution in [0.3, 0.4) is 0 Å². The molecule has 6 nitrogen and oxygen atoms in total. The fraction of sp³-hybridized carbons (Fsp3) is 0.176. The van der Waals surface area contributed by atoms with Crippen molar-refractivity contribution in [2.24, 2.45) is 0 Å². The molecule has 0 saturated heterocycles. The molecule has 0 radical (unpaired) electrons. The van der Waals surface area contributed by atoms with Gasteiger partial charge in [-0.15, -0.1) is 0 Å². The number of allylic oxidation sites excluding steroid dienone is 1. The molecule has 23 heavy (non-hydrogen) atoms. The number of rotatable bonds is 4. The second-order valence-corrected chi connectivity index (χ2v) is 4.93. The Kier molecular flexibility index (Phi) is 3.89. The highest BCUT2D eigenvalue weighted by atomic mass is 16.6. The number of fused-ring (bicyclic) bond motifs is 1. The van der Waals surface area contributed by atoms with E-state index in [-0.39, 0.29) is 18.1 Å². The van der Waals surface area contributed by atoms with Crippen molar-refractivity contribution < 1.29 is 28.2 Å². The highest BCUT2D eigenvalue weighted by Gasteiger charge is 2.30. The van der Waals surface area contributed by atoms with E-state index in [2.05, 4.69) is 4.74 Å². The third kappa shape index (κ3) is 2.96. The number of carbonyl (C=O) groups is 2. The number of methoxy groups -OCH3 is 1. The number of hydrogen-bond donors (Lipinski definition) is 0. The Morgan fingerprint density at radius 1 is 1.35 bits per heavy atom. The topological polar surface area (TPSA) is 75.0 Å². The smallest absolute Gasteiger partial charge is 0.343 e. The van der Waals surface area contributed by atoms with Crippen molar-refractivity contribution in [2.45, 2.75) is 6.92 Å². The van der Waals surface area contributed by atoms with Crippen LogP contribution in [0.5, 0.6) is 11.5 Å². The van der Waals surface area contributed by atoms with Crippen LogP contribution in [0.25, 0.3) is 6.08 Å². The maximum Gasteiger partial charge on any atom is 0.343 e. The first-order chi connectivity index (χ1) is 11.1. The van der Waals surface area contributed by atoms with E-state index in [1.165, 1.54) is 19.4 Å². The molecule has 0 spiro atoms.